The molecule has 2 aliphatic heterocycles. The highest BCUT2D eigenvalue weighted by molar-refractivity contribution is 7.91. The van der Waals surface area contributed by atoms with E-state index in [-0.39, 0.29) is 11.5 Å². The van der Waals surface area contributed by atoms with Crippen LogP contribution in [0.4, 0.5) is 0 Å². The molecule has 2 N–H and O–H groups in total. The summed E-state index contributed by atoms with van der Waals surface area (Å²) < 4.78 is 34.7. The highest BCUT2D eigenvalue weighted by Crippen LogP contribution is 2.31. The van der Waals surface area contributed by atoms with Crippen LogP contribution in [0.15, 0.2) is 0 Å². The summed E-state index contributed by atoms with van der Waals surface area (Å²) in [5.74, 6) is 1.07. The van der Waals surface area contributed by atoms with Gasteiger partial charge < -0.3 is 14.8 Å². The number of hydrogen-bond acceptors (Lipinski definition) is 6. The normalized spacial score (nSPS) is 39.4. The summed E-state index contributed by atoms with van der Waals surface area (Å²) in [6, 6.07) is 0.383. The van der Waals surface area contributed by atoms with Gasteiger partial charge >= 0.3 is 0 Å². The molecule has 3 rings (SSSR count). The van der Waals surface area contributed by atoms with E-state index in [9.17, 15) is 8.42 Å². The predicted octanol–water partition coefficient (Wildman–Crippen LogP) is 0.530. The third-order valence-corrected chi connectivity index (χ3v) is 7.23. The van der Waals surface area contributed by atoms with Crippen molar-refractivity contribution in [3.8, 4) is 0 Å². The van der Waals surface area contributed by atoms with Gasteiger partial charge in [-0.1, -0.05) is 0 Å². The maximum atomic E-state index is 11.7. The molecule has 134 valence electrons. The quantitative estimate of drug-likeness (QED) is 0.756. The lowest BCUT2D eigenvalue weighted by Crippen LogP contribution is -2.59. The molecule has 0 amide bonds. The van der Waals surface area contributed by atoms with Crippen molar-refractivity contribution in [1.82, 2.24) is 10.6 Å². The Hall–Kier alpha value is -0.210. The average Bonchev–Trinajstić information content (AvgIpc) is 3.06. The van der Waals surface area contributed by atoms with Crippen LogP contribution < -0.4 is 10.6 Å². The third kappa shape index (κ3) is 4.89. The van der Waals surface area contributed by atoms with E-state index in [0.29, 0.717) is 17.9 Å². The molecule has 2 heterocycles. The van der Waals surface area contributed by atoms with Gasteiger partial charge in [0.25, 0.3) is 0 Å². The fourth-order valence-electron chi connectivity index (χ4n) is 4.02. The minimum Gasteiger partial charge on any atom is -0.381 e. The fourth-order valence-corrected chi connectivity index (χ4v) is 5.15. The van der Waals surface area contributed by atoms with E-state index in [1.54, 1.807) is 0 Å². The highest BCUT2D eigenvalue weighted by Gasteiger charge is 2.34. The Bertz CT molecular complexity index is 470. The van der Waals surface area contributed by atoms with Crippen molar-refractivity contribution >= 4 is 9.84 Å². The van der Waals surface area contributed by atoms with E-state index in [4.69, 9.17) is 9.47 Å². The number of sulfone groups is 1. The zero-order chi connectivity index (χ0) is 16.3. The molecule has 0 spiro atoms. The Kier molecular flexibility index (Phi) is 5.96. The summed E-state index contributed by atoms with van der Waals surface area (Å²) in [5, 5.41) is 6.95. The van der Waals surface area contributed by atoms with Crippen LogP contribution in [0, 0.1) is 11.8 Å². The summed E-state index contributed by atoms with van der Waals surface area (Å²) in [4.78, 5) is 0. The van der Waals surface area contributed by atoms with Crippen molar-refractivity contribution in [3.05, 3.63) is 0 Å². The SMILES string of the molecule is CS(=O)(=O)C1CCC(C2CNCC(OCC3CCOC3)N2)CC1. The number of rotatable bonds is 5. The van der Waals surface area contributed by atoms with Crippen LogP contribution in [0.1, 0.15) is 32.1 Å². The molecule has 0 aromatic heterocycles. The molecule has 3 aliphatic rings. The molecule has 7 heteroatoms. The molecule has 1 saturated carbocycles. The van der Waals surface area contributed by atoms with Crippen molar-refractivity contribution in [1.29, 1.82) is 0 Å². The molecule has 0 radical (unpaired) electrons. The summed E-state index contributed by atoms with van der Waals surface area (Å²) in [5.41, 5.74) is 0. The van der Waals surface area contributed by atoms with Crippen LogP contribution in [0.2, 0.25) is 0 Å². The second-order valence-corrected chi connectivity index (χ2v) is 9.68. The third-order valence-electron chi connectivity index (χ3n) is 5.54. The number of piperazine rings is 1. The minimum atomic E-state index is -2.88. The maximum Gasteiger partial charge on any atom is 0.150 e. The van der Waals surface area contributed by atoms with Crippen molar-refractivity contribution in [3.63, 3.8) is 0 Å². The van der Waals surface area contributed by atoms with Crippen LogP contribution in [0.5, 0.6) is 0 Å². The Morgan fingerprint density at radius 2 is 1.91 bits per heavy atom. The number of hydrogen-bond donors (Lipinski definition) is 2. The standard InChI is InChI=1S/C16H30N2O4S/c1-23(19,20)14-4-2-13(3-5-14)15-8-17-9-16(18-15)22-11-12-6-7-21-10-12/h12-18H,2-11H2,1H3. The molecule has 3 fully saturated rings. The maximum absolute atomic E-state index is 11.7. The predicted molar refractivity (Wildman–Crippen MR) is 89.0 cm³/mol. The summed E-state index contributed by atoms with van der Waals surface area (Å²) in [6.07, 6.45) is 6.09. The molecule has 23 heavy (non-hydrogen) atoms. The minimum absolute atomic E-state index is 0.0574. The van der Waals surface area contributed by atoms with Gasteiger partial charge in [-0.15, -0.1) is 0 Å². The van der Waals surface area contributed by atoms with E-state index in [1.807, 2.05) is 0 Å². The molecule has 2 saturated heterocycles. The molecule has 3 unspecified atom stereocenters. The van der Waals surface area contributed by atoms with Crippen molar-refractivity contribution in [2.75, 3.05) is 39.2 Å². The van der Waals surface area contributed by atoms with Crippen LogP contribution in [0.25, 0.3) is 0 Å². The number of nitrogens with one attached hydrogen (secondary N) is 2. The van der Waals surface area contributed by atoms with Crippen molar-refractivity contribution in [2.45, 2.75) is 49.6 Å². The lowest BCUT2D eigenvalue weighted by Gasteiger charge is -2.39. The first-order valence-corrected chi connectivity index (χ1v) is 10.8. The molecule has 0 aromatic rings. The van der Waals surface area contributed by atoms with E-state index in [2.05, 4.69) is 10.6 Å². The molecular weight excluding hydrogens is 316 g/mol. The molecular formula is C16H30N2O4S. The molecule has 1 aliphatic carbocycles. The van der Waals surface area contributed by atoms with Gasteiger partial charge in [0.1, 0.15) is 16.1 Å². The smallest absolute Gasteiger partial charge is 0.150 e. The lowest BCUT2D eigenvalue weighted by atomic mass is 9.83. The van der Waals surface area contributed by atoms with Gasteiger partial charge in [-0.3, -0.25) is 5.32 Å². The first-order valence-electron chi connectivity index (χ1n) is 8.87. The second kappa shape index (κ2) is 7.78. The Balaban J connectivity index is 1.43. The first-order chi connectivity index (χ1) is 11.0. The van der Waals surface area contributed by atoms with E-state index >= 15 is 0 Å². The van der Waals surface area contributed by atoms with Gasteiger partial charge in [0.2, 0.25) is 0 Å². The van der Waals surface area contributed by atoms with Crippen LogP contribution in [0.3, 0.4) is 0 Å². The second-order valence-electron chi connectivity index (χ2n) is 7.35. The average molecular weight is 346 g/mol. The molecule has 0 aromatic carbocycles. The van der Waals surface area contributed by atoms with Gasteiger partial charge in [-0.2, -0.15) is 0 Å². The molecule has 0 bridgehead atoms. The largest absolute Gasteiger partial charge is 0.381 e. The molecule has 6 nitrogen and oxygen atoms in total. The van der Waals surface area contributed by atoms with Gasteiger partial charge in [0.15, 0.2) is 0 Å². The zero-order valence-corrected chi connectivity index (χ0v) is 14.8. The van der Waals surface area contributed by atoms with E-state index in [1.165, 1.54) is 6.26 Å². The Labute approximate surface area is 139 Å². The van der Waals surface area contributed by atoms with E-state index in [0.717, 1.165) is 65.0 Å². The zero-order valence-electron chi connectivity index (χ0n) is 14.0. The van der Waals surface area contributed by atoms with Gasteiger partial charge in [-0.25, -0.2) is 8.42 Å². The summed E-state index contributed by atoms with van der Waals surface area (Å²) in [7, 11) is -2.88. The highest BCUT2D eigenvalue weighted by atomic mass is 32.2. The van der Waals surface area contributed by atoms with Gasteiger partial charge in [0, 0.05) is 37.9 Å². The summed E-state index contributed by atoms with van der Waals surface area (Å²) in [6.45, 7) is 4.21. The van der Waals surface area contributed by atoms with Crippen LogP contribution >= 0.6 is 0 Å². The number of ether oxygens (including phenoxy) is 2. The molecule has 3 atom stereocenters. The summed E-state index contributed by atoms with van der Waals surface area (Å²) >= 11 is 0. The van der Waals surface area contributed by atoms with Crippen LogP contribution in [-0.4, -0.2) is 65.1 Å². The van der Waals surface area contributed by atoms with Gasteiger partial charge in [0.05, 0.1) is 18.5 Å². The van der Waals surface area contributed by atoms with Gasteiger partial charge in [-0.05, 0) is 38.0 Å². The topological polar surface area (TPSA) is 76.7 Å². The first kappa shape index (κ1) is 17.6. The lowest BCUT2D eigenvalue weighted by molar-refractivity contribution is -0.0182. The Morgan fingerprint density at radius 3 is 2.57 bits per heavy atom. The van der Waals surface area contributed by atoms with Crippen molar-refractivity contribution in [2.24, 2.45) is 11.8 Å². The Morgan fingerprint density at radius 1 is 1.13 bits per heavy atom. The van der Waals surface area contributed by atoms with Crippen LogP contribution in [-0.2, 0) is 19.3 Å². The van der Waals surface area contributed by atoms with Crippen molar-refractivity contribution < 1.29 is 17.9 Å². The van der Waals surface area contributed by atoms with E-state index < -0.39 is 9.84 Å². The fraction of sp³-hybridized carbons (Fsp3) is 1.00. The monoisotopic (exact) mass is 346 g/mol.